The summed E-state index contributed by atoms with van der Waals surface area (Å²) in [6.45, 7) is 1.96. The molecule has 0 bridgehead atoms. The number of carboxylic acid groups (broad SMARTS) is 1. The fourth-order valence-corrected chi connectivity index (χ4v) is 5.11. The van der Waals surface area contributed by atoms with Crippen LogP contribution in [0.5, 0.6) is 0 Å². The third-order valence-corrected chi connectivity index (χ3v) is 7.31. The number of fused-ring (bicyclic) bond motifs is 1. The first-order valence-electron chi connectivity index (χ1n) is 11.5. The van der Waals surface area contributed by atoms with Gasteiger partial charge < -0.3 is 21.1 Å². The average molecular weight is 501 g/mol. The topological polar surface area (TPSA) is 120 Å². The van der Waals surface area contributed by atoms with Crippen molar-refractivity contribution in [3.8, 4) is 0 Å². The van der Waals surface area contributed by atoms with Gasteiger partial charge in [0.2, 0.25) is 0 Å². The van der Waals surface area contributed by atoms with Crippen LogP contribution in [0, 0.1) is 12.8 Å². The van der Waals surface area contributed by atoms with Gasteiger partial charge in [0.1, 0.15) is 0 Å². The molecule has 1 saturated carbocycles. The summed E-state index contributed by atoms with van der Waals surface area (Å²) in [7, 11) is 0. The maximum atomic E-state index is 13.3. The molecule has 2 aromatic carbocycles. The summed E-state index contributed by atoms with van der Waals surface area (Å²) in [6.07, 6.45) is 2.24. The van der Waals surface area contributed by atoms with Gasteiger partial charge in [-0.3, -0.25) is 14.4 Å². The molecule has 0 unspecified atom stereocenters. The molecule has 0 spiro atoms. The highest BCUT2D eigenvalue weighted by molar-refractivity contribution is 7.17. The smallest absolute Gasteiger partial charge is 0.306 e. The Labute approximate surface area is 211 Å². The normalized spacial score (nSPS) is 16.7. The highest BCUT2D eigenvalue weighted by Gasteiger charge is 2.35. The number of para-hydroxylation sites is 1. The minimum absolute atomic E-state index is 0.196. The van der Waals surface area contributed by atoms with E-state index in [1.54, 1.807) is 6.07 Å². The van der Waals surface area contributed by atoms with E-state index in [2.05, 4.69) is 20.9 Å². The number of amides is 2. The van der Waals surface area contributed by atoms with E-state index in [-0.39, 0.29) is 23.4 Å². The lowest BCUT2D eigenvalue weighted by atomic mass is 9.80. The number of hydrogen-bond donors (Lipinski definition) is 4. The summed E-state index contributed by atoms with van der Waals surface area (Å²) in [5.74, 6) is -1.54. The summed E-state index contributed by atoms with van der Waals surface area (Å²) < 4.78 is 1.01. The largest absolute Gasteiger partial charge is 0.481 e. The van der Waals surface area contributed by atoms with Crippen LogP contribution in [0.3, 0.4) is 0 Å². The van der Waals surface area contributed by atoms with Crippen LogP contribution in [0.15, 0.2) is 66.2 Å². The maximum Gasteiger partial charge on any atom is 0.306 e. The molecule has 9 heteroatoms. The number of pyridine rings is 1. The Morgan fingerprint density at radius 3 is 2.53 bits per heavy atom. The molecule has 1 fully saturated rings. The lowest BCUT2D eigenvalue weighted by Crippen LogP contribution is -2.46. The Hall–Kier alpha value is -4.24. The van der Waals surface area contributed by atoms with Crippen molar-refractivity contribution >= 4 is 56.4 Å². The first-order valence-corrected chi connectivity index (χ1v) is 12.4. The quantitative estimate of drug-likeness (QED) is 0.277. The van der Waals surface area contributed by atoms with E-state index in [0.29, 0.717) is 29.9 Å². The number of rotatable bonds is 7. The number of hydrogen-bond acceptors (Lipinski definition) is 6. The van der Waals surface area contributed by atoms with Crippen LogP contribution in [0.25, 0.3) is 10.1 Å². The summed E-state index contributed by atoms with van der Waals surface area (Å²) in [5, 5.41) is 20.8. The van der Waals surface area contributed by atoms with Gasteiger partial charge in [0.05, 0.1) is 22.7 Å². The number of nitrogens with zero attached hydrogens (tertiary/aromatic N) is 1. The third kappa shape index (κ3) is 4.78. The van der Waals surface area contributed by atoms with Crippen LogP contribution in [-0.4, -0.2) is 33.9 Å². The standard InChI is InChI=1S/C27H24N4O4S/c1-15-6-2-4-8-21(15)30-24-22(31-26(33)20-14-36-23-9-5-3-7-19(20)23)12-17(13-28-24)25(32)29-18-10-16(11-18)27(34)35/h2-9,12-14,16,18H,10-11H2,1H3,(H,28,30)(H,29,32)(H,31,33)(H,34,35)/t16-,18+. The van der Waals surface area contributed by atoms with E-state index in [9.17, 15) is 14.4 Å². The molecule has 5 rings (SSSR count). The Morgan fingerprint density at radius 2 is 1.75 bits per heavy atom. The summed E-state index contributed by atoms with van der Waals surface area (Å²) in [6, 6.07) is 16.8. The van der Waals surface area contributed by atoms with Crippen molar-refractivity contribution in [2.45, 2.75) is 25.8 Å². The Kier molecular flexibility index (Phi) is 6.39. The SMILES string of the molecule is Cc1ccccc1Nc1ncc(C(=O)N[C@H]2C[C@@H](C(=O)O)C2)cc1NC(=O)c1csc2ccccc12. The lowest BCUT2D eigenvalue weighted by Gasteiger charge is -2.32. The Bertz CT molecular complexity index is 1480. The molecule has 8 nitrogen and oxygen atoms in total. The molecule has 1 aliphatic carbocycles. The number of carboxylic acids is 1. The number of benzene rings is 2. The van der Waals surface area contributed by atoms with Gasteiger partial charge in [0.15, 0.2) is 5.82 Å². The first-order chi connectivity index (χ1) is 17.4. The monoisotopic (exact) mass is 500 g/mol. The molecule has 0 radical (unpaired) electrons. The van der Waals surface area contributed by atoms with Crippen molar-refractivity contribution in [2.75, 3.05) is 10.6 Å². The summed E-state index contributed by atoms with van der Waals surface area (Å²) in [5.41, 5.74) is 3.01. The van der Waals surface area contributed by atoms with Crippen LogP contribution in [-0.2, 0) is 4.79 Å². The van der Waals surface area contributed by atoms with Crippen molar-refractivity contribution in [3.63, 3.8) is 0 Å². The third-order valence-electron chi connectivity index (χ3n) is 6.34. The second-order valence-electron chi connectivity index (χ2n) is 8.84. The van der Waals surface area contributed by atoms with Crippen LogP contribution in [0.4, 0.5) is 17.2 Å². The van der Waals surface area contributed by atoms with Gasteiger partial charge in [-0.2, -0.15) is 0 Å². The van der Waals surface area contributed by atoms with E-state index in [0.717, 1.165) is 21.3 Å². The fourth-order valence-electron chi connectivity index (χ4n) is 4.17. The second kappa shape index (κ2) is 9.79. The predicted octanol–water partition coefficient (Wildman–Crippen LogP) is 5.19. The van der Waals surface area contributed by atoms with Crippen LogP contribution in [0.1, 0.15) is 39.1 Å². The molecule has 4 N–H and O–H groups in total. The number of aryl methyl sites for hydroxylation is 1. The molecule has 36 heavy (non-hydrogen) atoms. The van der Waals surface area contributed by atoms with E-state index < -0.39 is 11.9 Å². The number of carbonyl (C=O) groups is 3. The van der Waals surface area contributed by atoms with E-state index in [1.807, 2.05) is 60.8 Å². The van der Waals surface area contributed by atoms with Crippen LogP contribution >= 0.6 is 11.3 Å². The highest BCUT2D eigenvalue weighted by Crippen LogP contribution is 2.31. The predicted molar refractivity (Wildman–Crippen MR) is 140 cm³/mol. The van der Waals surface area contributed by atoms with Crippen LogP contribution in [0.2, 0.25) is 0 Å². The molecule has 182 valence electrons. The number of anilines is 3. The van der Waals surface area contributed by atoms with E-state index in [1.165, 1.54) is 17.5 Å². The molecule has 2 amide bonds. The molecule has 1 aliphatic rings. The van der Waals surface area contributed by atoms with Crippen molar-refractivity contribution in [1.82, 2.24) is 10.3 Å². The number of carbonyl (C=O) groups excluding carboxylic acids is 2. The van der Waals surface area contributed by atoms with Gasteiger partial charge >= 0.3 is 5.97 Å². The highest BCUT2D eigenvalue weighted by atomic mass is 32.1. The van der Waals surface area contributed by atoms with Crippen molar-refractivity contribution < 1.29 is 19.5 Å². The van der Waals surface area contributed by atoms with Gasteiger partial charge in [-0.1, -0.05) is 36.4 Å². The Morgan fingerprint density at radius 1 is 1.00 bits per heavy atom. The Balaban J connectivity index is 1.42. The first kappa shape index (κ1) is 23.5. The number of aromatic nitrogens is 1. The molecule has 2 aromatic heterocycles. The minimum Gasteiger partial charge on any atom is -0.481 e. The van der Waals surface area contributed by atoms with Gasteiger partial charge in [-0.15, -0.1) is 11.3 Å². The molecule has 2 heterocycles. The fraction of sp³-hybridized carbons (Fsp3) is 0.185. The molecule has 0 atom stereocenters. The zero-order valence-corrected chi connectivity index (χ0v) is 20.3. The van der Waals surface area contributed by atoms with Gasteiger partial charge in [0, 0.05) is 33.4 Å². The van der Waals surface area contributed by atoms with Gasteiger partial charge in [0.25, 0.3) is 11.8 Å². The number of aliphatic carboxylic acids is 1. The van der Waals surface area contributed by atoms with Gasteiger partial charge in [-0.05, 0) is 43.5 Å². The molecular weight excluding hydrogens is 476 g/mol. The van der Waals surface area contributed by atoms with E-state index >= 15 is 0 Å². The molecule has 4 aromatic rings. The zero-order valence-electron chi connectivity index (χ0n) is 19.4. The second-order valence-corrected chi connectivity index (χ2v) is 9.75. The molecular formula is C27H24N4O4S. The lowest BCUT2D eigenvalue weighted by molar-refractivity contribution is -0.145. The van der Waals surface area contributed by atoms with E-state index in [4.69, 9.17) is 5.11 Å². The summed E-state index contributed by atoms with van der Waals surface area (Å²) in [4.78, 5) is 41.6. The van der Waals surface area contributed by atoms with Crippen molar-refractivity contribution in [1.29, 1.82) is 0 Å². The number of thiophene rings is 1. The van der Waals surface area contributed by atoms with Crippen LogP contribution < -0.4 is 16.0 Å². The minimum atomic E-state index is -0.847. The molecule has 0 saturated heterocycles. The maximum absolute atomic E-state index is 13.3. The summed E-state index contributed by atoms with van der Waals surface area (Å²) >= 11 is 1.49. The molecule has 0 aliphatic heterocycles. The van der Waals surface area contributed by atoms with Crippen molar-refractivity contribution in [2.24, 2.45) is 5.92 Å². The van der Waals surface area contributed by atoms with Gasteiger partial charge in [-0.25, -0.2) is 4.98 Å². The zero-order chi connectivity index (χ0) is 25.2. The number of nitrogens with one attached hydrogen (secondary N) is 3. The van der Waals surface area contributed by atoms with Crippen molar-refractivity contribution in [3.05, 3.63) is 82.9 Å². The average Bonchev–Trinajstić information content (AvgIpc) is 3.27.